The highest BCUT2D eigenvalue weighted by atomic mass is 127. The standard InChI is InChI=1S/C16H17FINO/c1-9(2)11-5-4-10(3)6-15(11)20-16-7-12(17)13(18)8-14(16)19/h4-9H,19H2,1-3H3. The van der Waals surface area contributed by atoms with E-state index in [0.29, 0.717) is 20.9 Å². The molecule has 0 amide bonds. The highest BCUT2D eigenvalue weighted by molar-refractivity contribution is 14.1. The van der Waals surface area contributed by atoms with Crippen LogP contribution in [0.25, 0.3) is 0 Å². The van der Waals surface area contributed by atoms with Crippen LogP contribution in [0.3, 0.4) is 0 Å². The smallest absolute Gasteiger partial charge is 0.153 e. The summed E-state index contributed by atoms with van der Waals surface area (Å²) < 4.78 is 20.0. The van der Waals surface area contributed by atoms with E-state index in [1.165, 1.54) is 6.07 Å². The Labute approximate surface area is 132 Å². The average Bonchev–Trinajstić information content (AvgIpc) is 2.35. The van der Waals surface area contributed by atoms with Crippen LogP contribution in [-0.4, -0.2) is 0 Å². The zero-order valence-electron chi connectivity index (χ0n) is 11.7. The SMILES string of the molecule is Cc1ccc(C(C)C)c(Oc2cc(F)c(I)cc2N)c1. The Bertz CT molecular complexity index is 641. The number of halogens is 2. The normalized spacial score (nSPS) is 10.9. The second-order valence-electron chi connectivity index (χ2n) is 5.10. The summed E-state index contributed by atoms with van der Waals surface area (Å²) in [6.07, 6.45) is 0. The fourth-order valence-electron chi connectivity index (χ4n) is 1.96. The molecule has 20 heavy (non-hydrogen) atoms. The maximum absolute atomic E-state index is 13.7. The van der Waals surface area contributed by atoms with Gasteiger partial charge in [0.15, 0.2) is 5.75 Å². The first-order valence-electron chi connectivity index (χ1n) is 6.41. The number of nitrogen functional groups attached to an aromatic ring is 1. The van der Waals surface area contributed by atoms with Crippen LogP contribution in [0.4, 0.5) is 10.1 Å². The number of rotatable bonds is 3. The van der Waals surface area contributed by atoms with Crippen molar-refractivity contribution in [2.45, 2.75) is 26.7 Å². The van der Waals surface area contributed by atoms with Crippen molar-refractivity contribution in [2.75, 3.05) is 5.73 Å². The number of aryl methyl sites for hydroxylation is 1. The Morgan fingerprint density at radius 3 is 2.50 bits per heavy atom. The molecule has 0 aromatic heterocycles. The van der Waals surface area contributed by atoms with Crippen LogP contribution in [0.5, 0.6) is 11.5 Å². The number of benzene rings is 2. The lowest BCUT2D eigenvalue weighted by molar-refractivity contribution is 0.469. The molecule has 2 rings (SSSR count). The van der Waals surface area contributed by atoms with E-state index in [-0.39, 0.29) is 5.82 Å². The van der Waals surface area contributed by atoms with Crippen molar-refractivity contribution < 1.29 is 9.13 Å². The topological polar surface area (TPSA) is 35.2 Å². The van der Waals surface area contributed by atoms with Crippen molar-refractivity contribution in [3.8, 4) is 11.5 Å². The Kier molecular flexibility index (Phi) is 4.52. The molecule has 0 aliphatic carbocycles. The second-order valence-corrected chi connectivity index (χ2v) is 6.26. The molecule has 0 saturated carbocycles. The predicted molar refractivity (Wildman–Crippen MR) is 88.9 cm³/mol. The van der Waals surface area contributed by atoms with Gasteiger partial charge in [-0.1, -0.05) is 26.0 Å². The van der Waals surface area contributed by atoms with E-state index in [2.05, 4.69) is 13.8 Å². The molecule has 0 fully saturated rings. The maximum Gasteiger partial charge on any atom is 0.153 e. The van der Waals surface area contributed by atoms with Crippen LogP contribution in [-0.2, 0) is 0 Å². The van der Waals surface area contributed by atoms with E-state index in [4.69, 9.17) is 10.5 Å². The van der Waals surface area contributed by atoms with Crippen LogP contribution < -0.4 is 10.5 Å². The Morgan fingerprint density at radius 1 is 1.15 bits per heavy atom. The van der Waals surface area contributed by atoms with Gasteiger partial charge in [0.05, 0.1) is 9.26 Å². The predicted octanol–water partition coefficient (Wildman–Crippen LogP) is 5.24. The number of anilines is 1. The Morgan fingerprint density at radius 2 is 1.85 bits per heavy atom. The monoisotopic (exact) mass is 385 g/mol. The largest absolute Gasteiger partial charge is 0.455 e. The van der Waals surface area contributed by atoms with Crippen molar-refractivity contribution in [2.24, 2.45) is 0 Å². The van der Waals surface area contributed by atoms with Gasteiger partial charge in [-0.25, -0.2) is 4.39 Å². The van der Waals surface area contributed by atoms with Crippen molar-refractivity contribution in [1.82, 2.24) is 0 Å². The fraction of sp³-hybridized carbons (Fsp3) is 0.250. The molecule has 2 aromatic rings. The summed E-state index contributed by atoms with van der Waals surface area (Å²) in [7, 11) is 0. The average molecular weight is 385 g/mol. The Hall–Kier alpha value is -1.30. The van der Waals surface area contributed by atoms with Crippen LogP contribution in [0.15, 0.2) is 30.3 Å². The first kappa shape index (κ1) is 15.1. The first-order chi connectivity index (χ1) is 9.38. The summed E-state index contributed by atoms with van der Waals surface area (Å²) in [4.78, 5) is 0. The molecule has 2 aromatic carbocycles. The van der Waals surface area contributed by atoms with Gasteiger partial charge in [-0.2, -0.15) is 0 Å². The summed E-state index contributed by atoms with van der Waals surface area (Å²) in [5, 5.41) is 0. The molecule has 106 valence electrons. The van der Waals surface area contributed by atoms with Gasteiger partial charge >= 0.3 is 0 Å². The highest BCUT2D eigenvalue weighted by Gasteiger charge is 2.12. The molecule has 0 unspecified atom stereocenters. The molecule has 0 radical (unpaired) electrons. The van der Waals surface area contributed by atoms with Gasteiger partial charge in [-0.05, 0) is 58.7 Å². The lowest BCUT2D eigenvalue weighted by Crippen LogP contribution is -1.99. The summed E-state index contributed by atoms with van der Waals surface area (Å²) in [6, 6.07) is 8.94. The molecule has 0 atom stereocenters. The van der Waals surface area contributed by atoms with Crippen molar-refractivity contribution >= 4 is 28.3 Å². The van der Waals surface area contributed by atoms with E-state index in [0.717, 1.165) is 16.9 Å². The third-order valence-corrected chi connectivity index (χ3v) is 3.89. The lowest BCUT2D eigenvalue weighted by atomic mass is 10.0. The lowest BCUT2D eigenvalue weighted by Gasteiger charge is -2.16. The number of nitrogens with two attached hydrogens (primary N) is 1. The van der Waals surface area contributed by atoms with E-state index >= 15 is 0 Å². The van der Waals surface area contributed by atoms with Crippen LogP contribution >= 0.6 is 22.6 Å². The summed E-state index contributed by atoms with van der Waals surface area (Å²) in [6.45, 7) is 6.18. The zero-order valence-corrected chi connectivity index (χ0v) is 13.9. The highest BCUT2D eigenvalue weighted by Crippen LogP contribution is 2.35. The van der Waals surface area contributed by atoms with E-state index in [1.807, 2.05) is 47.7 Å². The third kappa shape index (κ3) is 3.23. The molecule has 0 spiro atoms. The van der Waals surface area contributed by atoms with Gasteiger partial charge in [0.1, 0.15) is 11.6 Å². The van der Waals surface area contributed by atoms with Crippen molar-refractivity contribution in [3.05, 3.63) is 50.8 Å². The fourth-order valence-corrected chi connectivity index (χ4v) is 2.45. The van der Waals surface area contributed by atoms with Gasteiger partial charge < -0.3 is 10.5 Å². The third-order valence-electron chi connectivity index (χ3n) is 3.06. The first-order valence-corrected chi connectivity index (χ1v) is 7.49. The molecule has 4 heteroatoms. The molecule has 0 aliphatic heterocycles. The summed E-state index contributed by atoms with van der Waals surface area (Å²) in [5.74, 6) is 1.08. The quantitative estimate of drug-likeness (QED) is 0.580. The van der Waals surface area contributed by atoms with E-state index in [9.17, 15) is 4.39 Å². The van der Waals surface area contributed by atoms with E-state index in [1.54, 1.807) is 6.07 Å². The molecular formula is C16H17FINO. The van der Waals surface area contributed by atoms with Gasteiger partial charge in [-0.15, -0.1) is 0 Å². The van der Waals surface area contributed by atoms with Crippen molar-refractivity contribution in [3.63, 3.8) is 0 Å². The van der Waals surface area contributed by atoms with Gasteiger partial charge in [0, 0.05) is 6.07 Å². The summed E-state index contributed by atoms with van der Waals surface area (Å²) >= 11 is 1.91. The zero-order chi connectivity index (χ0) is 14.9. The maximum atomic E-state index is 13.7. The Balaban J connectivity index is 2.44. The molecule has 0 aliphatic rings. The molecule has 2 N–H and O–H groups in total. The van der Waals surface area contributed by atoms with Crippen LogP contribution in [0.1, 0.15) is 30.9 Å². The van der Waals surface area contributed by atoms with E-state index < -0.39 is 0 Å². The summed E-state index contributed by atoms with van der Waals surface area (Å²) in [5.41, 5.74) is 8.51. The molecule has 0 heterocycles. The number of hydrogen-bond donors (Lipinski definition) is 1. The minimum atomic E-state index is -0.325. The molecule has 0 bridgehead atoms. The van der Waals surface area contributed by atoms with Crippen LogP contribution in [0, 0.1) is 16.3 Å². The van der Waals surface area contributed by atoms with Crippen molar-refractivity contribution in [1.29, 1.82) is 0 Å². The molecule has 2 nitrogen and oxygen atoms in total. The molecular weight excluding hydrogens is 368 g/mol. The number of ether oxygens (including phenoxy) is 1. The second kappa shape index (κ2) is 5.99. The van der Waals surface area contributed by atoms with Gasteiger partial charge in [-0.3, -0.25) is 0 Å². The van der Waals surface area contributed by atoms with Crippen LogP contribution in [0.2, 0.25) is 0 Å². The van der Waals surface area contributed by atoms with Gasteiger partial charge in [0.25, 0.3) is 0 Å². The number of hydrogen-bond acceptors (Lipinski definition) is 2. The minimum absolute atomic E-state index is 0.320. The molecule has 0 saturated heterocycles. The van der Waals surface area contributed by atoms with Gasteiger partial charge in [0.2, 0.25) is 0 Å². The minimum Gasteiger partial charge on any atom is -0.455 e.